The highest BCUT2D eigenvalue weighted by Crippen LogP contribution is 2.27. The maximum absolute atomic E-state index is 12.8. The van der Waals surface area contributed by atoms with Crippen LogP contribution in [0, 0.1) is 0 Å². The minimum atomic E-state index is -3.56. The van der Waals surface area contributed by atoms with Crippen molar-refractivity contribution < 1.29 is 8.42 Å². The fraction of sp³-hybridized carbons (Fsp3) is 0.286. The summed E-state index contributed by atoms with van der Waals surface area (Å²) in [5, 5.41) is 3.24. The molecule has 110 valence electrons. The molecule has 1 aliphatic heterocycles. The third-order valence-corrected chi connectivity index (χ3v) is 5.40. The zero-order valence-electron chi connectivity index (χ0n) is 11.4. The Kier molecular flexibility index (Phi) is 3.96. The smallest absolute Gasteiger partial charge is 0.245 e. The Morgan fingerprint density at radius 2 is 1.90 bits per heavy atom. The molecule has 21 heavy (non-hydrogen) atoms. The third kappa shape index (κ3) is 2.80. The molecule has 1 aliphatic rings. The maximum Gasteiger partial charge on any atom is 0.245 e. The summed E-state index contributed by atoms with van der Waals surface area (Å²) in [7, 11) is -3.56. The predicted molar refractivity (Wildman–Crippen MR) is 78.0 cm³/mol. The molecule has 3 rings (SSSR count). The van der Waals surface area contributed by atoms with Gasteiger partial charge in [0.25, 0.3) is 0 Å². The van der Waals surface area contributed by atoms with Crippen molar-refractivity contribution >= 4 is 10.0 Å². The summed E-state index contributed by atoms with van der Waals surface area (Å²) in [5.74, 6) is 0. The molecule has 0 radical (unpaired) electrons. The average molecular weight is 304 g/mol. The SMILES string of the molecule is O=S(=O)(c1cccnc1)N1CCNCC1c1cccnc1. The molecule has 0 aliphatic carbocycles. The van der Waals surface area contributed by atoms with Crippen LogP contribution in [0.4, 0.5) is 0 Å². The van der Waals surface area contributed by atoms with Crippen LogP contribution in [0.5, 0.6) is 0 Å². The van der Waals surface area contributed by atoms with Gasteiger partial charge in [-0.3, -0.25) is 9.97 Å². The molecule has 1 unspecified atom stereocenters. The molecule has 1 N–H and O–H groups in total. The highest BCUT2D eigenvalue weighted by Gasteiger charge is 2.34. The normalized spacial score (nSPS) is 20.3. The number of pyridine rings is 2. The molecule has 2 aromatic rings. The van der Waals surface area contributed by atoms with Crippen molar-refractivity contribution in [2.24, 2.45) is 0 Å². The van der Waals surface area contributed by atoms with Crippen molar-refractivity contribution in [3.63, 3.8) is 0 Å². The maximum atomic E-state index is 12.8. The summed E-state index contributed by atoms with van der Waals surface area (Å²) < 4.78 is 27.1. The lowest BCUT2D eigenvalue weighted by Crippen LogP contribution is -2.48. The summed E-state index contributed by atoms with van der Waals surface area (Å²) in [6, 6.07) is 6.67. The first kappa shape index (κ1) is 14.1. The van der Waals surface area contributed by atoms with Crippen molar-refractivity contribution in [2.45, 2.75) is 10.9 Å². The zero-order valence-corrected chi connectivity index (χ0v) is 12.2. The van der Waals surface area contributed by atoms with Gasteiger partial charge in [0.1, 0.15) is 4.90 Å². The number of hydrogen-bond acceptors (Lipinski definition) is 5. The number of piperazine rings is 1. The van der Waals surface area contributed by atoms with Crippen LogP contribution >= 0.6 is 0 Å². The first-order chi connectivity index (χ1) is 10.2. The van der Waals surface area contributed by atoms with Crippen molar-refractivity contribution in [3.05, 3.63) is 54.6 Å². The minimum Gasteiger partial charge on any atom is -0.313 e. The second-order valence-corrected chi connectivity index (χ2v) is 6.70. The third-order valence-electron chi connectivity index (χ3n) is 3.50. The molecular formula is C14H16N4O2S. The van der Waals surface area contributed by atoms with Crippen LogP contribution in [-0.4, -0.2) is 42.3 Å². The van der Waals surface area contributed by atoms with E-state index in [1.54, 1.807) is 30.7 Å². The molecule has 0 bridgehead atoms. The Morgan fingerprint density at radius 1 is 1.14 bits per heavy atom. The van der Waals surface area contributed by atoms with Gasteiger partial charge >= 0.3 is 0 Å². The molecule has 6 nitrogen and oxygen atoms in total. The summed E-state index contributed by atoms with van der Waals surface area (Å²) in [4.78, 5) is 8.22. The molecule has 0 amide bonds. The van der Waals surface area contributed by atoms with Crippen LogP contribution in [-0.2, 0) is 10.0 Å². The molecule has 0 saturated carbocycles. The monoisotopic (exact) mass is 304 g/mol. The van der Waals surface area contributed by atoms with Crippen molar-refractivity contribution in [1.29, 1.82) is 0 Å². The summed E-state index contributed by atoms with van der Waals surface area (Å²) >= 11 is 0. The lowest BCUT2D eigenvalue weighted by molar-refractivity contribution is 0.271. The highest BCUT2D eigenvalue weighted by molar-refractivity contribution is 7.89. The van der Waals surface area contributed by atoms with Gasteiger partial charge in [-0.1, -0.05) is 6.07 Å². The van der Waals surface area contributed by atoms with Crippen LogP contribution in [0.3, 0.4) is 0 Å². The van der Waals surface area contributed by atoms with Crippen LogP contribution in [0.1, 0.15) is 11.6 Å². The first-order valence-corrected chi connectivity index (χ1v) is 8.16. The van der Waals surface area contributed by atoms with Gasteiger partial charge in [-0.25, -0.2) is 8.42 Å². The van der Waals surface area contributed by atoms with Gasteiger partial charge in [0.05, 0.1) is 6.04 Å². The zero-order chi connectivity index (χ0) is 14.7. The standard InChI is InChI=1S/C14H16N4O2S/c19-21(20,13-4-2-6-16-10-13)18-8-7-17-11-14(18)12-3-1-5-15-9-12/h1-6,9-10,14,17H,7-8,11H2. The van der Waals surface area contributed by atoms with Gasteiger partial charge in [0, 0.05) is 44.4 Å². The van der Waals surface area contributed by atoms with Crippen LogP contribution < -0.4 is 5.32 Å². The highest BCUT2D eigenvalue weighted by atomic mass is 32.2. The van der Waals surface area contributed by atoms with E-state index in [1.165, 1.54) is 10.5 Å². The van der Waals surface area contributed by atoms with Gasteiger partial charge < -0.3 is 5.32 Å². The van der Waals surface area contributed by atoms with E-state index in [1.807, 2.05) is 12.1 Å². The summed E-state index contributed by atoms with van der Waals surface area (Å²) in [5.41, 5.74) is 0.886. The average Bonchev–Trinajstić information content (AvgIpc) is 2.56. The van der Waals surface area contributed by atoms with E-state index in [0.29, 0.717) is 19.6 Å². The van der Waals surface area contributed by atoms with E-state index in [2.05, 4.69) is 15.3 Å². The van der Waals surface area contributed by atoms with E-state index in [4.69, 9.17) is 0 Å². The molecule has 0 aromatic carbocycles. The number of sulfonamides is 1. The second-order valence-electron chi connectivity index (χ2n) is 4.81. The number of rotatable bonds is 3. The van der Waals surface area contributed by atoms with Crippen molar-refractivity contribution in [3.8, 4) is 0 Å². The van der Waals surface area contributed by atoms with Crippen LogP contribution in [0.15, 0.2) is 53.9 Å². The molecule has 1 saturated heterocycles. The Morgan fingerprint density at radius 3 is 2.57 bits per heavy atom. The molecule has 1 fully saturated rings. The van der Waals surface area contributed by atoms with E-state index < -0.39 is 10.0 Å². The minimum absolute atomic E-state index is 0.223. The van der Waals surface area contributed by atoms with Gasteiger partial charge in [-0.2, -0.15) is 4.31 Å². The van der Waals surface area contributed by atoms with E-state index in [-0.39, 0.29) is 10.9 Å². The molecular weight excluding hydrogens is 288 g/mol. The number of aromatic nitrogens is 2. The van der Waals surface area contributed by atoms with Gasteiger partial charge in [0.2, 0.25) is 10.0 Å². The van der Waals surface area contributed by atoms with Gasteiger partial charge in [0.15, 0.2) is 0 Å². The fourth-order valence-electron chi connectivity index (χ4n) is 2.47. The van der Waals surface area contributed by atoms with Gasteiger partial charge in [-0.15, -0.1) is 0 Å². The topological polar surface area (TPSA) is 75.2 Å². The van der Waals surface area contributed by atoms with Crippen LogP contribution in [0.25, 0.3) is 0 Å². The Hall–Kier alpha value is -1.83. The predicted octanol–water partition coefficient (Wildman–Crippen LogP) is 0.812. The Bertz CT molecular complexity index is 691. The van der Waals surface area contributed by atoms with E-state index in [9.17, 15) is 8.42 Å². The largest absolute Gasteiger partial charge is 0.313 e. The number of nitrogens with zero attached hydrogens (tertiary/aromatic N) is 3. The summed E-state index contributed by atoms with van der Waals surface area (Å²) in [6.07, 6.45) is 6.34. The number of hydrogen-bond donors (Lipinski definition) is 1. The van der Waals surface area contributed by atoms with E-state index in [0.717, 1.165) is 5.56 Å². The van der Waals surface area contributed by atoms with E-state index >= 15 is 0 Å². The van der Waals surface area contributed by atoms with Crippen LogP contribution in [0.2, 0.25) is 0 Å². The molecule has 1 atom stereocenters. The second kappa shape index (κ2) is 5.88. The molecule has 3 heterocycles. The Balaban J connectivity index is 1.99. The Labute approximate surface area is 123 Å². The number of nitrogens with one attached hydrogen (secondary N) is 1. The molecule has 2 aromatic heterocycles. The summed E-state index contributed by atoms with van der Waals surface area (Å²) in [6.45, 7) is 1.64. The fourth-order valence-corrected chi connectivity index (χ4v) is 4.04. The first-order valence-electron chi connectivity index (χ1n) is 6.72. The van der Waals surface area contributed by atoms with Crippen molar-refractivity contribution in [1.82, 2.24) is 19.6 Å². The van der Waals surface area contributed by atoms with Gasteiger partial charge in [-0.05, 0) is 23.8 Å². The lowest BCUT2D eigenvalue weighted by atomic mass is 10.1. The quantitative estimate of drug-likeness (QED) is 0.908. The lowest BCUT2D eigenvalue weighted by Gasteiger charge is -2.35. The van der Waals surface area contributed by atoms with Crippen molar-refractivity contribution in [2.75, 3.05) is 19.6 Å². The molecule has 0 spiro atoms. The molecule has 7 heteroatoms.